The molecule has 112 valence electrons. The van der Waals surface area contributed by atoms with Crippen LogP contribution < -0.4 is 5.73 Å². The first-order chi connectivity index (χ1) is 10.2. The van der Waals surface area contributed by atoms with E-state index in [0.717, 1.165) is 42.9 Å². The predicted octanol–water partition coefficient (Wildman–Crippen LogP) is 2.05. The van der Waals surface area contributed by atoms with Crippen molar-refractivity contribution in [1.82, 2.24) is 20.2 Å². The molecule has 1 fully saturated rings. The standard InChI is InChI=1S/C15H21N5O/c1-3-14-11(6-7-21-14)9-20-15(17-18-19-20)12-8-10(2)4-5-13(12)16/h4-5,8,11,14H,3,6-7,9,16H2,1-2H3. The zero-order valence-corrected chi connectivity index (χ0v) is 12.5. The number of anilines is 1. The third kappa shape index (κ3) is 2.76. The van der Waals surface area contributed by atoms with Gasteiger partial charge in [-0.1, -0.05) is 18.6 Å². The highest BCUT2D eigenvalue weighted by molar-refractivity contribution is 5.72. The molecule has 2 aromatic rings. The van der Waals surface area contributed by atoms with Crippen molar-refractivity contribution in [3.05, 3.63) is 23.8 Å². The highest BCUT2D eigenvalue weighted by Crippen LogP contribution is 2.28. The maximum absolute atomic E-state index is 6.08. The van der Waals surface area contributed by atoms with Gasteiger partial charge in [0.2, 0.25) is 0 Å². The van der Waals surface area contributed by atoms with Gasteiger partial charge in [0.15, 0.2) is 5.82 Å². The van der Waals surface area contributed by atoms with Crippen molar-refractivity contribution in [2.24, 2.45) is 5.92 Å². The van der Waals surface area contributed by atoms with Crippen LogP contribution in [-0.4, -0.2) is 32.9 Å². The molecule has 1 aliphatic heterocycles. The maximum atomic E-state index is 6.08. The first-order valence-corrected chi connectivity index (χ1v) is 7.43. The van der Waals surface area contributed by atoms with Gasteiger partial charge in [0.1, 0.15) is 0 Å². The molecule has 1 aromatic heterocycles. The van der Waals surface area contributed by atoms with E-state index >= 15 is 0 Å². The molecule has 0 radical (unpaired) electrons. The van der Waals surface area contributed by atoms with Gasteiger partial charge < -0.3 is 10.5 Å². The number of ether oxygens (including phenoxy) is 1. The van der Waals surface area contributed by atoms with Gasteiger partial charge in [-0.25, -0.2) is 4.68 Å². The van der Waals surface area contributed by atoms with E-state index in [1.165, 1.54) is 0 Å². The minimum atomic E-state index is 0.303. The number of aryl methyl sites for hydroxylation is 1. The van der Waals surface area contributed by atoms with Crippen LogP contribution in [0.2, 0.25) is 0 Å². The third-order valence-electron chi connectivity index (χ3n) is 4.14. The average Bonchev–Trinajstić information content (AvgIpc) is 3.11. The molecule has 21 heavy (non-hydrogen) atoms. The van der Waals surface area contributed by atoms with Crippen LogP contribution in [0.3, 0.4) is 0 Å². The molecule has 1 saturated heterocycles. The highest BCUT2D eigenvalue weighted by Gasteiger charge is 2.28. The van der Waals surface area contributed by atoms with E-state index in [2.05, 4.69) is 22.4 Å². The molecule has 0 bridgehead atoms. The summed E-state index contributed by atoms with van der Waals surface area (Å²) in [5.41, 5.74) is 8.82. The molecule has 1 aromatic carbocycles. The zero-order valence-electron chi connectivity index (χ0n) is 12.5. The molecule has 2 N–H and O–H groups in total. The lowest BCUT2D eigenvalue weighted by atomic mass is 9.99. The molecule has 6 heteroatoms. The van der Waals surface area contributed by atoms with Gasteiger partial charge in [-0.05, 0) is 42.3 Å². The maximum Gasteiger partial charge on any atom is 0.184 e. The Morgan fingerprint density at radius 1 is 1.43 bits per heavy atom. The van der Waals surface area contributed by atoms with Gasteiger partial charge in [-0.3, -0.25) is 0 Å². The Bertz CT molecular complexity index is 624. The lowest BCUT2D eigenvalue weighted by molar-refractivity contribution is 0.0825. The minimum absolute atomic E-state index is 0.303. The summed E-state index contributed by atoms with van der Waals surface area (Å²) in [5.74, 6) is 1.20. The Kier molecular flexibility index (Phi) is 3.88. The lowest BCUT2D eigenvalue weighted by Gasteiger charge is -2.17. The quantitative estimate of drug-likeness (QED) is 0.871. The molecule has 2 unspecified atom stereocenters. The molecule has 2 atom stereocenters. The van der Waals surface area contributed by atoms with Crippen molar-refractivity contribution in [3.8, 4) is 11.4 Å². The van der Waals surface area contributed by atoms with Crippen LogP contribution >= 0.6 is 0 Å². The van der Waals surface area contributed by atoms with Crippen LogP contribution in [0, 0.1) is 12.8 Å². The number of nitrogens with two attached hydrogens (primary N) is 1. The monoisotopic (exact) mass is 287 g/mol. The van der Waals surface area contributed by atoms with Crippen LogP contribution in [0.25, 0.3) is 11.4 Å². The summed E-state index contributed by atoms with van der Waals surface area (Å²) in [6, 6.07) is 5.92. The van der Waals surface area contributed by atoms with Gasteiger partial charge in [0.05, 0.1) is 12.6 Å². The SMILES string of the molecule is CCC1OCCC1Cn1nnnc1-c1cc(C)ccc1N. The van der Waals surface area contributed by atoms with Crippen molar-refractivity contribution in [1.29, 1.82) is 0 Å². The first-order valence-electron chi connectivity index (χ1n) is 7.43. The van der Waals surface area contributed by atoms with Gasteiger partial charge in [0.25, 0.3) is 0 Å². The number of hydrogen-bond donors (Lipinski definition) is 1. The number of aromatic nitrogens is 4. The second-order valence-electron chi connectivity index (χ2n) is 5.64. The van der Waals surface area contributed by atoms with E-state index in [0.29, 0.717) is 17.7 Å². The summed E-state index contributed by atoms with van der Waals surface area (Å²) >= 11 is 0. The number of nitrogens with zero attached hydrogens (tertiary/aromatic N) is 4. The molecule has 0 amide bonds. The molecular weight excluding hydrogens is 266 g/mol. The zero-order chi connectivity index (χ0) is 14.8. The second kappa shape index (κ2) is 5.81. The highest BCUT2D eigenvalue weighted by atomic mass is 16.5. The molecule has 0 saturated carbocycles. The molecule has 6 nitrogen and oxygen atoms in total. The average molecular weight is 287 g/mol. The predicted molar refractivity (Wildman–Crippen MR) is 80.5 cm³/mol. The van der Waals surface area contributed by atoms with E-state index in [1.807, 2.05) is 29.8 Å². The van der Waals surface area contributed by atoms with Gasteiger partial charge in [0, 0.05) is 23.8 Å². The Morgan fingerprint density at radius 2 is 2.29 bits per heavy atom. The van der Waals surface area contributed by atoms with Crippen LogP contribution in [0.4, 0.5) is 5.69 Å². The van der Waals surface area contributed by atoms with Crippen LogP contribution in [0.15, 0.2) is 18.2 Å². The van der Waals surface area contributed by atoms with E-state index in [4.69, 9.17) is 10.5 Å². The Morgan fingerprint density at radius 3 is 3.10 bits per heavy atom. The summed E-state index contributed by atoms with van der Waals surface area (Å²) in [6.45, 7) is 5.79. The summed E-state index contributed by atoms with van der Waals surface area (Å²) in [5, 5.41) is 12.1. The molecule has 3 rings (SSSR count). The van der Waals surface area contributed by atoms with Crippen molar-refractivity contribution < 1.29 is 4.74 Å². The Hall–Kier alpha value is -1.95. The molecule has 0 aliphatic carbocycles. The van der Waals surface area contributed by atoms with E-state index in [1.54, 1.807) is 0 Å². The fraction of sp³-hybridized carbons (Fsp3) is 0.533. The van der Waals surface area contributed by atoms with Crippen LogP contribution in [-0.2, 0) is 11.3 Å². The number of benzene rings is 1. The smallest absolute Gasteiger partial charge is 0.184 e. The summed E-state index contributed by atoms with van der Waals surface area (Å²) in [6.07, 6.45) is 2.38. The number of tetrazole rings is 1. The summed E-state index contributed by atoms with van der Waals surface area (Å²) in [4.78, 5) is 0. The summed E-state index contributed by atoms with van der Waals surface area (Å²) in [7, 11) is 0. The number of nitrogen functional groups attached to an aromatic ring is 1. The molecule has 2 heterocycles. The fourth-order valence-corrected chi connectivity index (χ4v) is 2.96. The van der Waals surface area contributed by atoms with Gasteiger partial charge in [-0.2, -0.15) is 0 Å². The normalized spacial score (nSPS) is 21.8. The second-order valence-corrected chi connectivity index (χ2v) is 5.64. The van der Waals surface area contributed by atoms with E-state index in [9.17, 15) is 0 Å². The van der Waals surface area contributed by atoms with Crippen molar-refractivity contribution in [3.63, 3.8) is 0 Å². The largest absolute Gasteiger partial charge is 0.398 e. The van der Waals surface area contributed by atoms with Crippen LogP contribution in [0.5, 0.6) is 0 Å². The first kappa shape index (κ1) is 14.0. The minimum Gasteiger partial charge on any atom is -0.398 e. The van der Waals surface area contributed by atoms with E-state index in [-0.39, 0.29) is 0 Å². The van der Waals surface area contributed by atoms with Crippen molar-refractivity contribution in [2.45, 2.75) is 39.3 Å². The van der Waals surface area contributed by atoms with Crippen LogP contribution in [0.1, 0.15) is 25.3 Å². The lowest BCUT2D eigenvalue weighted by Crippen LogP contribution is -2.21. The molecule has 0 spiro atoms. The third-order valence-corrected chi connectivity index (χ3v) is 4.14. The van der Waals surface area contributed by atoms with Crippen molar-refractivity contribution in [2.75, 3.05) is 12.3 Å². The molecule has 1 aliphatic rings. The molecular formula is C15H21N5O. The number of rotatable bonds is 4. The van der Waals surface area contributed by atoms with E-state index < -0.39 is 0 Å². The fourth-order valence-electron chi connectivity index (χ4n) is 2.96. The topological polar surface area (TPSA) is 78.8 Å². The Labute approximate surface area is 124 Å². The number of hydrogen-bond acceptors (Lipinski definition) is 5. The summed E-state index contributed by atoms with van der Waals surface area (Å²) < 4.78 is 7.60. The van der Waals surface area contributed by atoms with Crippen molar-refractivity contribution >= 4 is 5.69 Å². The Balaban J connectivity index is 1.89. The van der Waals surface area contributed by atoms with Gasteiger partial charge >= 0.3 is 0 Å². The van der Waals surface area contributed by atoms with Gasteiger partial charge in [-0.15, -0.1) is 5.10 Å².